The molecule has 0 unspecified atom stereocenters. The van der Waals surface area contributed by atoms with Gasteiger partial charge >= 0.3 is 5.97 Å². The molecule has 0 spiro atoms. The average Bonchev–Trinajstić information content (AvgIpc) is 2.56. The maximum Gasteiger partial charge on any atom is 0.337 e. The maximum atomic E-state index is 11.3. The lowest BCUT2D eigenvalue weighted by Crippen LogP contribution is -2.47. The number of pyridine rings is 1. The predicted octanol–water partition coefficient (Wildman–Crippen LogP) is 2.23. The summed E-state index contributed by atoms with van der Waals surface area (Å²) in [6.45, 7) is 4.32. The van der Waals surface area contributed by atoms with E-state index in [9.17, 15) is 9.90 Å². The van der Waals surface area contributed by atoms with Gasteiger partial charge in [-0.05, 0) is 44.8 Å². The molecule has 21 heavy (non-hydrogen) atoms. The van der Waals surface area contributed by atoms with Gasteiger partial charge in [0.05, 0.1) is 17.4 Å². The van der Waals surface area contributed by atoms with Crippen LogP contribution in [0.25, 0.3) is 0 Å². The summed E-state index contributed by atoms with van der Waals surface area (Å²) in [7, 11) is 0. The van der Waals surface area contributed by atoms with Gasteiger partial charge in [0.25, 0.3) is 0 Å². The highest BCUT2D eigenvalue weighted by atomic mass is 16.4. The lowest BCUT2D eigenvalue weighted by molar-refractivity contribution is 0.0697. The predicted molar refractivity (Wildman–Crippen MR) is 81.9 cm³/mol. The van der Waals surface area contributed by atoms with Gasteiger partial charge in [-0.2, -0.15) is 0 Å². The molecule has 0 amide bonds. The first-order chi connectivity index (χ1) is 10.3. The lowest BCUT2D eigenvalue weighted by Gasteiger charge is -2.41. The Hall–Kier alpha value is -1.62. The molecular formula is C16H23N3O2. The molecular weight excluding hydrogens is 266 g/mol. The Morgan fingerprint density at radius 2 is 1.86 bits per heavy atom. The Morgan fingerprint density at radius 3 is 2.52 bits per heavy atom. The van der Waals surface area contributed by atoms with Crippen molar-refractivity contribution in [3.63, 3.8) is 0 Å². The van der Waals surface area contributed by atoms with Crippen molar-refractivity contribution in [3.05, 3.63) is 24.0 Å². The molecule has 0 bridgehead atoms. The SMILES string of the molecule is O=C(O)c1ccncc1N1CCC(N2CCCCC2)CC1. The van der Waals surface area contributed by atoms with Crippen LogP contribution >= 0.6 is 0 Å². The van der Waals surface area contributed by atoms with Crippen molar-refractivity contribution < 1.29 is 9.90 Å². The van der Waals surface area contributed by atoms with Crippen molar-refractivity contribution in [1.29, 1.82) is 0 Å². The quantitative estimate of drug-likeness (QED) is 0.925. The van der Waals surface area contributed by atoms with Gasteiger partial charge in [0.1, 0.15) is 0 Å². The second-order valence-electron chi connectivity index (χ2n) is 6.01. The third kappa shape index (κ3) is 3.18. The minimum Gasteiger partial charge on any atom is -0.478 e. The number of rotatable bonds is 3. The number of hydrogen-bond acceptors (Lipinski definition) is 4. The summed E-state index contributed by atoms with van der Waals surface area (Å²) < 4.78 is 0. The number of aromatic carboxylic acids is 1. The minimum absolute atomic E-state index is 0.362. The van der Waals surface area contributed by atoms with Crippen molar-refractivity contribution >= 4 is 11.7 Å². The third-order valence-corrected chi connectivity index (χ3v) is 4.74. The lowest BCUT2D eigenvalue weighted by atomic mass is 9.99. The van der Waals surface area contributed by atoms with Gasteiger partial charge < -0.3 is 14.9 Å². The van der Waals surface area contributed by atoms with Crippen LogP contribution in [0.3, 0.4) is 0 Å². The van der Waals surface area contributed by atoms with Crippen molar-refractivity contribution in [1.82, 2.24) is 9.88 Å². The Kier molecular flexibility index (Phi) is 4.39. The van der Waals surface area contributed by atoms with Crippen molar-refractivity contribution in [3.8, 4) is 0 Å². The van der Waals surface area contributed by atoms with Crippen LogP contribution in [0.5, 0.6) is 0 Å². The third-order valence-electron chi connectivity index (χ3n) is 4.74. The highest BCUT2D eigenvalue weighted by Crippen LogP contribution is 2.26. The van der Waals surface area contributed by atoms with Gasteiger partial charge in [0.15, 0.2) is 0 Å². The summed E-state index contributed by atoms with van der Waals surface area (Å²) in [5.41, 5.74) is 1.13. The first-order valence-corrected chi connectivity index (χ1v) is 7.92. The number of carboxylic acid groups (broad SMARTS) is 1. The standard InChI is InChI=1S/C16H23N3O2/c20-16(21)14-4-7-17-12-15(14)19-10-5-13(6-11-19)18-8-2-1-3-9-18/h4,7,12-13H,1-3,5-6,8-11H2,(H,20,21). The Bertz CT molecular complexity index is 492. The van der Waals surface area contributed by atoms with Crippen LogP contribution in [0, 0.1) is 0 Å². The normalized spacial score (nSPS) is 21.4. The molecule has 114 valence electrons. The highest BCUT2D eigenvalue weighted by Gasteiger charge is 2.27. The number of piperidine rings is 2. The number of hydrogen-bond donors (Lipinski definition) is 1. The molecule has 0 radical (unpaired) electrons. The molecule has 2 fully saturated rings. The van der Waals surface area contributed by atoms with E-state index in [2.05, 4.69) is 14.8 Å². The van der Waals surface area contributed by atoms with Crippen molar-refractivity contribution in [2.45, 2.75) is 38.1 Å². The largest absolute Gasteiger partial charge is 0.478 e. The Labute approximate surface area is 125 Å². The van der Waals surface area contributed by atoms with Crippen LogP contribution in [0.15, 0.2) is 18.5 Å². The van der Waals surface area contributed by atoms with Gasteiger partial charge in [0, 0.05) is 25.3 Å². The average molecular weight is 289 g/mol. The molecule has 1 N–H and O–H groups in total. The number of nitrogens with zero attached hydrogens (tertiary/aromatic N) is 3. The number of likely N-dealkylation sites (tertiary alicyclic amines) is 1. The summed E-state index contributed by atoms with van der Waals surface area (Å²) in [4.78, 5) is 20.2. The smallest absolute Gasteiger partial charge is 0.337 e. The van der Waals surface area contributed by atoms with E-state index in [1.807, 2.05) is 0 Å². The zero-order valence-corrected chi connectivity index (χ0v) is 12.4. The summed E-state index contributed by atoms with van der Waals surface area (Å²) in [6.07, 6.45) is 9.49. The number of carboxylic acids is 1. The van der Waals surface area contributed by atoms with Crippen LogP contribution in [0.1, 0.15) is 42.5 Å². The van der Waals surface area contributed by atoms with Crippen molar-refractivity contribution in [2.75, 3.05) is 31.1 Å². The molecule has 0 saturated carbocycles. The molecule has 2 saturated heterocycles. The van der Waals surface area contributed by atoms with Crippen LogP contribution in [-0.2, 0) is 0 Å². The molecule has 3 rings (SSSR count). The second kappa shape index (κ2) is 6.43. The number of aromatic nitrogens is 1. The van der Waals surface area contributed by atoms with E-state index in [-0.39, 0.29) is 0 Å². The Morgan fingerprint density at radius 1 is 1.14 bits per heavy atom. The highest BCUT2D eigenvalue weighted by molar-refractivity contribution is 5.94. The van der Waals surface area contributed by atoms with Gasteiger partial charge in [0.2, 0.25) is 0 Å². The van der Waals surface area contributed by atoms with E-state index in [1.165, 1.54) is 32.4 Å². The van der Waals surface area contributed by atoms with E-state index >= 15 is 0 Å². The zero-order valence-electron chi connectivity index (χ0n) is 12.4. The molecule has 1 aromatic heterocycles. The number of carbonyl (C=O) groups is 1. The van der Waals surface area contributed by atoms with Gasteiger partial charge in [-0.15, -0.1) is 0 Å². The van der Waals surface area contributed by atoms with E-state index < -0.39 is 5.97 Å². The fraction of sp³-hybridized carbons (Fsp3) is 0.625. The van der Waals surface area contributed by atoms with Gasteiger partial charge in [-0.3, -0.25) is 4.98 Å². The van der Waals surface area contributed by atoms with Crippen LogP contribution in [-0.4, -0.2) is 53.2 Å². The molecule has 2 aliphatic heterocycles. The summed E-state index contributed by atoms with van der Waals surface area (Å²) in [6, 6.07) is 2.26. The molecule has 1 aromatic rings. The van der Waals surface area contributed by atoms with Gasteiger partial charge in [-0.25, -0.2) is 4.79 Å². The van der Waals surface area contributed by atoms with Crippen LogP contribution in [0.2, 0.25) is 0 Å². The molecule has 0 aromatic carbocycles. The Balaban J connectivity index is 1.64. The second-order valence-corrected chi connectivity index (χ2v) is 6.01. The fourth-order valence-corrected chi connectivity index (χ4v) is 3.57. The molecule has 5 nitrogen and oxygen atoms in total. The van der Waals surface area contributed by atoms with Crippen LogP contribution < -0.4 is 4.90 Å². The van der Waals surface area contributed by atoms with E-state index in [4.69, 9.17) is 0 Å². The van der Waals surface area contributed by atoms with Crippen LogP contribution in [0.4, 0.5) is 5.69 Å². The summed E-state index contributed by atoms with van der Waals surface area (Å²) >= 11 is 0. The van der Waals surface area contributed by atoms with E-state index in [0.717, 1.165) is 31.6 Å². The number of anilines is 1. The van der Waals surface area contributed by atoms with Gasteiger partial charge in [-0.1, -0.05) is 6.42 Å². The molecule has 0 aliphatic carbocycles. The molecule has 2 aliphatic rings. The van der Waals surface area contributed by atoms with E-state index in [0.29, 0.717) is 11.6 Å². The maximum absolute atomic E-state index is 11.3. The summed E-state index contributed by atoms with van der Waals surface area (Å²) in [5, 5.41) is 9.29. The molecule has 0 atom stereocenters. The first kappa shape index (κ1) is 14.3. The van der Waals surface area contributed by atoms with E-state index in [1.54, 1.807) is 18.5 Å². The first-order valence-electron chi connectivity index (χ1n) is 7.92. The zero-order chi connectivity index (χ0) is 14.7. The topological polar surface area (TPSA) is 56.7 Å². The minimum atomic E-state index is -0.870. The summed E-state index contributed by atoms with van der Waals surface area (Å²) in [5.74, 6) is -0.870. The fourth-order valence-electron chi connectivity index (χ4n) is 3.57. The molecule has 3 heterocycles. The monoisotopic (exact) mass is 289 g/mol. The van der Waals surface area contributed by atoms with Crippen molar-refractivity contribution in [2.24, 2.45) is 0 Å². The molecule has 5 heteroatoms.